The molecule has 2 N–H and O–H groups in total. The van der Waals surface area contributed by atoms with Gasteiger partial charge in [-0.05, 0) is 12.5 Å². The van der Waals surface area contributed by atoms with E-state index in [1.165, 1.54) is 0 Å². The zero-order valence-corrected chi connectivity index (χ0v) is 5.55. The van der Waals surface area contributed by atoms with Gasteiger partial charge in [-0.15, -0.1) is 0 Å². The monoisotopic (exact) mass is 125 g/mol. The maximum Gasteiger partial charge on any atom is 0.142 e. The average molecular weight is 125 g/mol. The van der Waals surface area contributed by atoms with Crippen molar-refractivity contribution >= 4 is 0 Å². The molecule has 0 amide bonds. The van der Waals surface area contributed by atoms with Gasteiger partial charge < -0.3 is 4.84 Å². The summed E-state index contributed by atoms with van der Waals surface area (Å²) in [6.45, 7) is 8.88. The fourth-order valence-corrected chi connectivity index (χ4v) is 0.363. The first-order chi connectivity index (χ1) is 4.22. The van der Waals surface area contributed by atoms with Crippen molar-refractivity contribution in [3.05, 3.63) is 36.6 Å². The minimum atomic E-state index is 0.468. The molecule has 0 fully saturated rings. The lowest BCUT2D eigenvalue weighted by Gasteiger charge is -1.99. The molecule has 9 heavy (non-hydrogen) atoms. The van der Waals surface area contributed by atoms with Crippen LogP contribution in [0, 0.1) is 0 Å². The Morgan fingerprint density at radius 2 is 2.22 bits per heavy atom. The standard InChI is InChI=1S/C7H11NO/c1-4-5-6(2)7(3)9-8/h4-5H,1,3,8H2,2H3/b6-5-. The number of allylic oxidation sites excluding steroid dienone is 3. The molecule has 0 heterocycles. The summed E-state index contributed by atoms with van der Waals surface area (Å²) < 4.78 is 0. The molecule has 0 aliphatic rings. The van der Waals surface area contributed by atoms with Crippen LogP contribution in [0.3, 0.4) is 0 Å². The van der Waals surface area contributed by atoms with Crippen molar-refractivity contribution in [1.82, 2.24) is 0 Å². The Morgan fingerprint density at radius 1 is 1.67 bits per heavy atom. The van der Waals surface area contributed by atoms with Gasteiger partial charge in [0.2, 0.25) is 0 Å². The first-order valence-electron chi connectivity index (χ1n) is 2.57. The van der Waals surface area contributed by atoms with Crippen LogP contribution in [-0.2, 0) is 4.84 Å². The van der Waals surface area contributed by atoms with Gasteiger partial charge >= 0.3 is 0 Å². The van der Waals surface area contributed by atoms with Crippen LogP contribution in [0.15, 0.2) is 36.6 Å². The van der Waals surface area contributed by atoms with Gasteiger partial charge in [-0.3, -0.25) is 0 Å². The van der Waals surface area contributed by atoms with Crippen LogP contribution in [-0.4, -0.2) is 0 Å². The molecular formula is C7H11NO. The quantitative estimate of drug-likeness (QED) is 0.352. The molecule has 50 valence electrons. The minimum Gasteiger partial charge on any atom is -0.412 e. The van der Waals surface area contributed by atoms with Crippen LogP contribution in [0.1, 0.15) is 6.92 Å². The number of rotatable bonds is 3. The molecule has 0 spiro atoms. The zero-order chi connectivity index (χ0) is 7.28. The van der Waals surface area contributed by atoms with Crippen molar-refractivity contribution in [3.63, 3.8) is 0 Å². The average Bonchev–Trinajstić information content (AvgIpc) is 1.87. The molecule has 0 rings (SSSR count). The maximum atomic E-state index is 4.83. The Labute approximate surface area is 55.3 Å². The van der Waals surface area contributed by atoms with Gasteiger partial charge in [0.1, 0.15) is 5.76 Å². The predicted octanol–water partition coefficient (Wildman–Crippen LogP) is 1.52. The van der Waals surface area contributed by atoms with Crippen molar-refractivity contribution in [2.75, 3.05) is 0 Å². The Balaban J connectivity index is 4.01. The Kier molecular flexibility index (Phi) is 3.48. The second-order valence-electron chi connectivity index (χ2n) is 1.63. The zero-order valence-electron chi connectivity index (χ0n) is 5.55. The fraction of sp³-hybridized carbons (Fsp3) is 0.143. The van der Waals surface area contributed by atoms with Crippen molar-refractivity contribution in [1.29, 1.82) is 0 Å². The highest BCUT2D eigenvalue weighted by Gasteiger charge is 1.91. The first kappa shape index (κ1) is 7.98. The summed E-state index contributed by atoms with van der Waals surface area (Å²) in [5.41, 5.74) is 0.882. The second-order valence-corrected chi connectivity index (χ2v) is 1.63. The van der Waals surface area contributed by atoms with E-state index in [1.54, 1.807) is 12.2 Å². The summed E-state index contributed by atoms with van der Waals surface area (Å²) in [7, 11) is 0. The molecule has 0 unspecified atom stereocenters. The molecule has 0 aliphatic carbocycles. The van der Waals surface area contributed by atoms with Crippen LogP contribution < -0.4 is 5.90 Å². The summed E-state index contributed by atoms with van der Waals surface area (Å²) in [4.78, 5) is 4.35. The lowest BCUT2D eigenvalue weighted by Crippen LogP contribution is -1.98. The summed E-state index contributed by atoms with van der Waals surface area (Å²) in [5, 5.41) is 0. The highest BCUT2D eigenvalue weighted by Crippen LogP contribution is 2.04. The van der Waals surface area contributed by atoms with Gasteiger partial charge in [0.15, 0.2) is 0 Å². The highest BCUT2D eigenvalue weighted by molar-refractivity contribution is 5.23. The van der Waals surface area contributed by atoms with Gasteiger partial charge in [0.05, 0.1) is 0 Å². The smallest absolute Gasteiger partial charge is 0.142 e. The third kappa shape index (κ3) is 2.72. The van der Waals surface area contributed by atoms with E-state index in [4.69, 9.17) is 5.90 Å². The number of nitrogens with two attached hydrogens (primary N) is 1. The van der Waals surface area contributed by atoms with Gasteiger partial charge in [0.25, 0.3) is 0 Å². The van der Waals surface area contributed by atoms with Crippen LogP contribution in [0.2, 0.25) is 0 Å². The second kappa shape index (κ2) is 3.92. The van der Waals surface area contributed by atoms with Gasteiger partial charge in [0, 0.05) is 0 Å². The van der Waals surface area contributed by atoms with Crippen molar-refractivity contribution in [2.45, 2.75) is 6.92 Å². The minimum absolute atomic E-state index is 0.468. The molecule has 0 saturated carbocycles. The van der Waals surface area contributed by atoms with Gasteiger partial charge in [-0.2, -0.15) is 5.90 Å². The topological polar surface area (TPSA) is 35.2 Å². The summed E-state index contributed by atoms with van der Waals surface area (Å²) in [6, 6.07) is 0. The Bertz CT molecular complexity index is 147. The van der Waals surface area contributed by atoms with E-state index in [2.05, 4.69) is 18.0 Å². The Morgan fingerprint density at radius 3 is 2.56 bits per heavy atom. The van der Waals surface area contributed by atoms with E-state index in [0.717, 1.165) is 5.57 Å². The van der Waals surface area contributed by atoms with Crippen LogP contribution in [0.5, 0.6) is 0 Å². The van der Waals surface area contributed by atoms with Gasteiger partial charge in [-0.1, -0.05) is 25.3 Å². The summed E-state index contributed by atoms with van der Waals surface area (Å²) in [6.07, 6.45) is 3.43. The molecule has 0 aromatic heterocycles. The fourth-order valence-electron chi connectivity index (χ4n) is 0.363. The molecule has 0 saturated heterocycles. The van der Waals surface area contributed by atoms with Gasteiger partial charge in [-0.25, -0.2) is 0 Å². The highest BCUT2D eigenvalue weighted by atomic mass is 16.6. The molecule has 0 bridgehead atoms. The SMILES string of the molecule is C=C/C=C(/C)C(=C)ON. The van der Waals surface area contributed by atoms with Crippen LogP contribution >= 0.6 is 0 Å². The number of hydrogen-bond donors (Lipinski definition) is 1. The normalized spacial score (nSPS) is 10.7. The van der Waals surface area contributed by atoms with E-state index >= 15 is 0 Å². The molecule has 0 aromatic carbocycles. The molecule has 2 nitrogen and oxygen atoms in total. The van der Waals surface area contributed by atoms with Crippen molar-refractivity contribution < 1.29 is 4.84 Å². The molecule has 0 aliphatic heterocycles. The first-order valence-corrected chi connectivity index (χ1v) is 2.57. The van der Waals surface area contributed by atoms with E-state index in [-0.39, 0.29) is 0 Å². The molecular weight excluding hydrogens is 114 g/mol. The van der Waals surface area contributed by atoms with E-state index in [9.17, 15) is 0 Å². The predicted molar refractivity (Wildman–Crippen MR) is 38.4 cm³/mol. The largest absolute Gasteiger partial charge is 0.412 e. The third-order valence-corrected chi connectivity index (χ3v) is 0.950. The Hall–Kier alpha value is -1.02. The lowest BCUT2D eigenvalue weighted by molar-refractivity contribution is 0.230. The molecule has 0 radical (unpaired) electrons. The van der Waals surface area contributed by atoms with E-state index in [0.29, 0.717) is 5.76 Å². The summed E-state index contributed by atoms with van der Waals surface area (Å²) >= 11 is 0. The summed E-state index contributed by atoms with van der Waals surface area (Å²) in [5.74, 6) is 5.30. The third-order valence-electron chi connectivity index (χ3n) is 0.950. The lowest BCUT2D eigenvalue weighted by atomic mass is 10.2. The molecule has 0 atom stereocenters. The van der Waals surface area contributed by atoms with Crippen molar-refractivity contribution in [2.24, 2.45) is 5.90 Å². The van der Waals surface area contributed by atoms with E-state index in [1.807, 2.05) is 6.92 Å². The molecule has 2 heteroatoms. The maximum absolute atomic E-state index is 4.83. The van der Waals surface area contributed by atoms with Crippen LogP contribution in [0.4, 0.5) is 0 Å². The molecule has 0 aromatic rings. The van der Waals surface area contributed by atoms with Crippen molar-refractivity contribution in [3.8, 4) is 0 Å². The number of hydrogen-bond acceptors (Lipinski definition) is 2. The van der Waals surface area contributed by atoms with Crippen LogP contribution in [0.25, 0.3) is 0 Å². The van der Waals surface area contributed by atoms with E-state index < -0.39 is 0 Å².